The van der Waals surface area contributed by atoms with Crippen LogP contribution in [0.25, 0.3) is 4.98 Å². The fourth-order valence-electron chi connectivity index (χ4n) is 0.190. The molecule has 2 nitrogen and oxygen atoms in total. The van der Waals surface area contributed by atoms with Gasteiger partial charge in [0.2, 0.25) is 5.39 Å². The molecule has 2 heteroatoms. The van der Waals surface area contributed by atoms with E-state index in [2.05, 4.69) is 4.98 Å². The summed E-state index contributed by atoms with van der Waals surface area (Å²) in [6.07, 6.45) is 2.19. The zero-order valence-corrected chi connectivity index (χ0v) is 2.89. The van der Waals surface area contributed by atoms with Crippen molar-refractivity contribution in [3.8, 4) is 0 Å². The molecule has 0 spiro atoms. The van der Waals surface area contributed by atoms with Crippen LogP contribution in [-0.4, -0.2) is 6.04 Å². The van der Waals surface area contributed by atoms with Gasteiger partial charge in [-0.1, -0.05) is 0 Å². The number of diazo groups is 1. The van der Waals surface area contributed by atoms with Crippen molar-refractivity contribution in [2.75, 3.05) is 0 Å². The second-order valence-electron chi connectivity index (χ2n) is 1.35. The first-order valence-electron chi connectivity index (χ1n) is 1.77. The summed E-state index contributed by atoms with van der Waals surface area (Å²) in [6.45, 7) is 0. The van der Waals surface area contributed by atoms with E-state index in [0.29, 0.717) is 6.04 Å². The van der Waals surface area contributed by atoms with Crippen LogP contribution in [0.2, 0.25) is 0 Å². The maximum atomic E-state index is 7.83. The highest BCUT2D eigenvalue weighted by molar-refractivity contribution is 4.88. The van der Waals surface area contributed by atoms with E-state index in [0.717, 1.165) is 12.8 Å². The molecule has 0 saturated heterocycles. The van der Waals surface area contributed by atoms with Gasteiger partial charge < -0.3 is 0 Å². The molecule has 0 aromatic heterocycles. The molecule has 1 rings (SSSR count). The number of hydrogen-bond donors (Lipinski definition) is 0. The SMILES string of the molecule is N#[N+]C1CC1. The second-order valence-corrected chi connectivity index (χ2v) is 1.35. The summed E-state index contributed by atoms with van der Waals surface area (Å²) >= 11 is 0. The third-order valence-electron chi connectivity index (χ3n) is 0.710. The van der Waals surface area contributed by atoms with Crippen molar-refractivity contribution in [1.29, 1.82) is 5.39 Å². The van der Waals surface area contributed by atoms with E-state index in [1.165, 1.54) is 0 Å². The van der Waals surface area contributed by atoms with Crippen molar-refractivity contribution in [2.24, 2.45) is 0 Å². The molecule has 0 amide bonds. The average Bonchev–Trinajstić information content (AvgIpc) is 2.12. The lowest BCUT2D eigenvalue weighted by atomic mass is 10.8. The van der Waals surface area contributed by atoms with Gasteiger partial charge in [0.1, 0.15) is 4.98 Å². The summed E-state index contributed by atoms with van der Waals surface area (Å²) < 4.78 is 0. The van der Waals surface area contributed by atoms with Crippen LogP contribution in [0.3, 0.4) is 0 Å². The Balaban J connectivity index is 2.30. The summed E-state index contributed by atoms with van der Waals surface area (Å²) in [7, 11) is 0. The minimum Gasteiger partial charge on any atom is 0.0388 e. The molecule has 0 aliphatic heterocycles. The fraction of sp³-hybridized carbons (Fsp3) is 1.00. The number of rotatable bonds is 0. The Hall–Kier alpha value is -0.580. The van der Waals surface area contributed by atoms with Crippen molar-refractivity contribution in [2.45, 2.75) is 18.9 Å². The average molecular weight is 69.1 g/mol. The van der Waals surface area contributed by atoms with Gasteiger partial charge in [-0.15, -0.1) is 0 Å². The van der Waals surface area contributed by atoms with Crippen LogP contribution in [0, 0.1) is 5.39 Å². The highest BCUT2D eigenvalue weighted by Crippen LogP contribution is 2.22. The van der Waals surface area contributed by atoms with E-state index < -0.39 is 0 Å². The van der Waals surface area contributed by atoms with Gasteiger partial charge in [-0.3, -0.25) is 0 Å². The van der Waals surface area contributed by atoms with E-state index in [4.69, 9.17) is 5.39 Å². The van der Waals surface area contributed by atoms with Crippen molar-refractivity contribution in [1.82, 2.24) is 0 Å². The third-order valence-corrected chi connectivity index (χ3v) is 0.710. The largest absolute Gasteiger partial charge is 0.314 e. The quantitative estimate of drug-likeness (QED) is 0.390. The molecule has 0 atom stereocenters. The summed E-state index contributed by atoms with van der Waals surface area (Å²) in [5.41, 5.74) is 0. The molecule has 1 aliphatic carbocycles. The lowest BCUT2D eigenvalue weighted by Gasteiger charge is -1.33. The number of nitrogens with zero attached hydrogens (tertiary/aromatic N) is 2. The molecule has 0 N–H and O–H groups in total. The maximum Gasteiger partial charge on any atom is 0.314 e. The molecule has 26 valence electrons. The summed E-state index contributed by atoms with van der Waals surface area (Å²) in [6, 6.07) is 0.315. The Morgan fingerprint density at radius 1 is 1.60 bits per heavy atom. The lowest BCUT2D eigenvalue weighted by molar-refractivity contribution is 1.20. The minimum atomic E-state index is 0.315. The topological polar surface area (TPSA) is 28.1 Å². The van der Waals surface area contributed by atoms with E-state index in [1.54, 1.807) is 0 Å². The summed E-state index contributed by atoms with van der Waals surface area (Å²) in [5.74, 6) is 0. The third kappa shape index (κ3) is 0.353. The van der Waals surface area contributed by atoms with Gasteiger partial charge in [-0.05, 0) is 0 Å². The van der Waals surface area contributed by atoms with Crippen molar-refractivity contribution in [3.63, 3.8) is 0 Å². The molecule has 0 bridgehead atoms. The standard InChI is InChI=1S/C3H5N2/c4-5-3-1-2-3/h3H,1-2H2/q+1. The van der Waals surface area contributed by atoms with Crippen LogP contribution in [-0.2, 0) is 0 Å². The first kappa shape index (κ1) is 2.65. The Morgan fingerprint density at radius 2 is 2.20 bits per heavy atom. The molecule has 5 heavy (non-hydrogen) atoms. The second kappa shape index (κ2) is 0.682. The molecule has 1 fully saturated rings. The van der Waals surface area contributed by atoms with Crippen molar-refractivity contribution < 1.29 is 0 Å². The Bertz CT molecular complexity index is 67.5. The number of hydrogen-bond acceptors (Lipinski definition) is 1. The zero-order valence-electron chi connectivity index (χ0n) is 2.89. The highest BCUT2D eigenvalue weighted by Gasteiger charge is 2.34. The monoisotopic (exact) mass is 69.0 g/mol. The van der Waals surface area contributed by atoms with E-state index in [-0.39, 0.29) is 0 Å². The predicted molar refractivity (Wildman–Crippen MR) is 18.1 cm³/mol. The van der Waals surface area contributed by atoms with Crippen molar-refractivity contribution >= 4 is 0 Å². The Kier molecular flexibility index (Phi) is 0.361. The van der Waals surface area contributed by atoms with Gasteiger partial charge in [0.25, 0.3) is 0 Å². The van der Waals surface area contributed by atoms with Gasteiger partial charge in [0, 0.05) is 12.8 Å². The Labute approximate surface area is 30.4 Å². The van der Waals surface area contributed by atoms with Gasteiger partial charge in [-0.2, -0.15) is 0 Å². The molecule has 0 unspecified atom stereocenters. The van der Waals surface area contributed by atoms with Crippen LogP contribution < -0.4 is 0 Å². The molecule has 0 heterocycles. The van der Waals surface area contributed by atoms with Crippen LogP contribution in [0.5, 0.6) is 0 Å². The van der Waals surface area contributed by atoms with E-state index in [1.807, 2.05) is 0 Å². The molecule has 1 saturated carbocycles. The van der Waals surface area contributed by atoms with Crippen LogP contribution in [0.4, 0.5) is 0 Å². The van der Waals surface area contributed by atoms with Crippen LogP contribution >= 0.6 is 0 Å². The smallest absolute Gasteiger partial charge is 0.0388 e. The first-order chi connectivity index (χ1) is 2.43. The summed E-state index contributed by atoms with van der Waals surface area (Å²) in [5, 5.41) is 7.83. The van der Waals surface area contributed by atoms with Gasteiger partial charge in [-0.25, -0.2) is 0 Å². The molecular weight excluding hydrogens is 64.0 g/mol. The molecule has 0 aromatic carbocycles. The Morgan fingerprint density at radius 3 is 2.20 bits per heavy atom. The van der Waals surface area contributed by atoms with E-state index >= 15 is 0 Å². The van der Waals surface area contributed by atoms with Crippen LogP contribution in [0.15, 0.2) is 0 Å². The molecule has 1 aliphatic rings. The summed E-state index contributed by atoms with van der Waals surface area (Å²) in [4.78, 5) is 3.00. The van der Waals surface area contributed by atoms with E-state index in [9.17, 15) is 0 Å². The fourth-order valence-corrected chi connectivity index (χ4v) is 0.190. The van der Waals surface area contributed by atoms with Crippen LogP contribution in [0.1, 0.15) is 12.8 Å². The van der Waals surface area contributed by atoms with Crippen molar-refractivity contribution in [3.05, 3.63) is 4.98 Å². The van der Waals surface area contributed by atoms with Gasteiger partial charge in [0.05, 0.1) is 0 Å². The normalized spacial score (nSPS) is 21.4. The maximum absolute atomic E-state index is 7.83. The molecule has 0 aromatic rings. The zero-order chi connectivity index (χ0) is 3.70. The van der Waals surface area contributed by atoms with Gasteiger partial charge >= 0.3 is 6.04 Å². The van der Waals surface area contributed by atoms with Gasteiger partial charge in [0.15, 0.2) is 0 Å². The highest BCUT2D eigenvalue weighted by atomic mass is 14.9. The molecular formula is C3H5N2+. The molecule has 0 radical (unpaired) electrons. The predicted octanol–water partition coefficient (Wildman–Crippen LogP) is 1.00. The lowest BCUT2D eigenvalue weighted by Crippen LogP contribution is -1.56. The minimum absolute atomic E-state index is 0.315. The first-order valence-corrected chi connectivity index (χ1v) is 1.77.